The first-order chi connectivity index (χ1) is 9.31. The third-order valence-corrected chi connectivity index (χ3v) is 2.97. The Morgan fingerprint density at radius 2 is 2.05 bits per heavy atom. The Labute approximate surface area is 116 Å². The third kappa shape index (κ3) is 3.95. The van der Waals surface area contributed by atoms with Gasteiger partial charge in [-0.15, -0.1) is 0 Å². The van der Waals surface area contributed by atoms with Gasteiger partial charge in [0.2, 0.25) is 0 Å². The van der Waals surface area contributed by atoms with Crippen molar-refractivity contribution < 1.29 is 22.7 Å². The van der Waals surface area contributed by atoms with Gasteiger partial charge in [0.1, 0.15) is 0 Å². The van der Waals surface area contributed by atoms with E-state index in [1.54, 1.807) is 13.8 Å². The molecule has 1 atom stereocenters. The van der Waals surface area contributed by atoms with Crippen molar-refractivity contribution in [2.45, 2.75) is 45.7 Å². The van der Waals surface area contributed by atoms with E-state index in [-0.39, 0.29) is 18.2 Å². The van der Waals surface area contributed by atoms with Gasteiger partial charge in [-0.05, 0) is 30.9 Å². The molecule has 1 aromatic rings. The zero-order valence-corrected chi connectivity index (χ0v) is 11.8. The summed E-state index contributed by atoms with van der Waals surface area (Å²) in [7, 11) is 0. The van der Waals surface area contributed by atoms with Crippen LogP contribution in [0.15, 0.2) is 12.3 Å². The lowest BCUT2D eigenvalue weighted by atomic mass is 9.93. The zero-order valence-electron chi connectivity index (χ0n) is 11.8. The minimum atomic E-state index is -4.47. The van der Waals surface area contributed by atoms with Crippen LogP contribution in [0.5, 0.6) is 0 Å². The van der Waals surface area contributed by atoms with Crippen molar-refractivity contribution in [3.8, 4) is 0 Å². The molecule has 0 saturated carbocycles. The van der Waals surface area contributed by atoms with Crippen molar-refractivity contribution in [1.82, 2.24) is 4.98 Å². The molecular weight excluding hydrogens is 271 g/mol. The van der Waals surface area contributed by atoms with Crippen molar-refractivity contribution in [3.63, 3.8) is 0 Å². The van der Waals surface area contributed by atoms with Crippen molar-refractivity contribution in [3.05, 3.63) is 29.1 Å². The first kappa shape index (κ1) is 16.5. The van der Waals surface area contributed by atoms with Gasteiger partial charge >= 0.3 is 12.1 Å². The van der Waals surface area contributed by atoms with Gasteiger partial charge in [-0.25, -0.2) is 9.78 Å². The number of esters is 1. The Morgan fingerprint density at radius 1 is 1.40 bits per heavy atom. The van der Waals surface area contributed by atoms with Crippen LogP contribution in [0.3, 0.4) is 0 Å². The zero-order chi connectivity index (χ0) is 15.3. The average Bonchev–Trinajstić information content (AvgIpc) is 2.37. The molecular formula is C14H18F3NO2. The molecule has 0 amide bonds. The molecule has 6 heteroatoms. The number of pyridine rings is 1. The molecule has 112 valence electrons. The fraction of sp³-hybridized carbons (Fsp3) is 0.571. The molecule has 0 aliphatic heterocycles. The summed E-state index contributed by atoms with van der Waals surface area (Å²) in [4.78, 5) is 15.4. The summed E-state index contributed by atoms with van der Waals surface area (Å²) in [6.07, 6.45) is -2.32. The molecule has 1 aromatic heterocycles. The lowest BCUT2D eigenvalue weighted by Crippen LogP contribution is -2.15. The van der Waals surface area contributed by atoms with E-state index in [9.17, 15) is 18.0 Å². The number of ether oxygens (including phenoxy) is 1. The van der Waals surface area contributed by atoms with Crippen LogP contribution in [0.2, 0.25) is 0 Å². The summed E-state index contributed by atoms with van der Waals surface area (Å²) >= 11 is 0. The van der Waals surface area contributed by atoms with E-state index in [4.69, 9.17) is 4.74 Å². The molecule has 0 N–H and O–H groups in total. The third-order valence-electron chi connectivity index (χ3n) is 2.97. The maximum absolute atomic E-state index is 12.7. The van der Waals surface area contributed by atoms with Gasteiger partial charge in [0.05, 0.1) is 12.2 Å². The molecule has 0 bridgehead atoms. The largest absolute Gasteiger partial charge is 0.461 e. The van der Waals surface area contributed by atoms with Crippen LogP contribution in [0.4, 0.5) is 13.2 Å². The highest BCUT2D eigenvalue weighted by atomic mass is 19.4. The highest BCUT2D eigenvalue weighted by molar-refractivity contribution is 5.89. The Bertz CT molecular complexity index is 472. The minimum absolute atomic E-state index is 0.0270. The molecule has 0 fully saturated rings. The van der Waals surface area contributed by atoms with Crippen LogP contribution in [-0.2, 0) is 10.9 Å². The SMILES string of the molecule is CCCC(C)c1cc(C(F)(F)F)cnc1C(=O)OCC. The van der Waals surface area contributed by atoms with Gasteiger partial charge < -0.3 is 4.74 Å². The molecule has 0 saturated heterocycles. The van der Waals surface area contributed by atoms with Gasteiger partial charge in [-0.3, -0.25) is 0 Å². The van der Waals surface area contributed by atoms with E-state index in [1.165, 1.54) is 0 Å². The van der Waals surface area contributed by atoms with Crippen LogP contribution >= 0.6 is 0 Å². The maximum Gasteiger partial charge on any atom is 0.417 e. The summed E-state index contributed by atoms with van der Waals surface area (Å²) in [6.45, 7) is 5.51. The molecule has 0 spiro atoms. The number of hydrogen-bond donors (Lipinski definition) is 0. The fourth-order valence-corrected chi connectivity index (χ4v) is 1.97. The Balaban J connectivity index is 3.26. The van der Waals surface area contributed by atoms with Gasteiger partial charge in [0.25, 0.3) is 0 Å². The lowest BCUT2D eigenvalue weighted by molar-refractivity contribution is -0.137. The second-order valence-electron chi connectivity index (χ2n) is 4.57. The average molecular weight is 289 g/mol. The van der Waals surface area contributed by atoms with Crippen LogP contribution in [-0.4, -0.2) is 17.6 Å². The van der Waals surface area contributed by atoms with Crippen LogP contribution in [0, 0.1) is 0 Å². The van der Waals surface area contributed by atoms with Crippen LogP contribution in [0.1, 0.15) is 61.1 Å². The predicted octanol–water partition coefficient (Wildman–Crippen LogP) is 4.18. The van der Waals surface area contributed by atoms with Gasteiger partial charge in [-0.1, -0.05) is 20.3 Å². The normalized spacial score (nSPS) is 13.1. The van der Waals surface area contributed by atoms with E-state index in [0.717, 1.165) is 12.5 Å². The smallest absolute Gasteiger partial charge is 0.417 e. The number of nitrogens with zero attached hydrogens (tertiary/aromatic N) is 1. The predicted molar refractivity (Wildman–Crippen MR) is 68.5 cm³/mol. The number of carbonyl (C=O) groups is 1. The molecule has 0 radical (unpaired) electrons. The maximum atomic E-state index is 12.7. The van der Waals surface area contributed by atoms with Crippen molar-refractivity contribution in [2.75, 3.05) is 6.61 Å². The minimum Gasteiger partial charge on any atom is -0.461 e. The number of aromatic nitrogens is 1. The number of carbonyl (C=O) groups excluding carboxylic acids is 1. The monoisotopic (exact) mass is 289 g/mol. The second kappa shape index (κ2) is 6.72. The topological polar surface area (TPSA) is 39.2 Å². The van der Waals surface area contributed by atoms with E-state index in [1.807, 2.05) is 6.92 Å². The highest BCUT2D eigenvalue weighted by Gasteiger charge is 2.33. The van der Waals surface area contributed by atoms with E-state index in [2.05, 4.69) is 4.98 Å². The fourth-order valence-electron chi connectivity index (χ4n) is 1.97. The van der Waals surface area contributed by atoms with Gasteiger partial charge in [0, 0.05) is 6.20 Å². The lowest BCUT2D eigenvalue weighted by Gasteiger charge is -2.16. The second-order valence-corrected chi connectivity index (χ2v) is 4.57. The Morgan fingerprint density at radius 3 is 2.55 bits per heavy atom. The first-order valence-corrected chi connectivity index (χ1v) is 6.55. The molecule has 1 rings (SSSR count). The first-order valence-electron chi connectivity index (χ1n) is 6.55. The van der Waals surface area contributed by atoms with Crippen LogP contribution in [0.25, 0.3) is 0 Å². The number of hydrogen-bond acceptors (Lipinski definition) is 3. The number of halogens is 3. The van der Waals surface area contributed by atoms with Crippen molar-refractivity contribution >= 4 is 5.97 Å². The quantitative estimate of drug-likeness (QED) is 0.763. The molecule has 20 heavy (non-hydrogen) atoms. The molecule has 0 aliphatic rings. The highest BCUT2D eigenvalue weighted by Crippen LogP contribution is 2.33. The summed E-state index contributed by atoms with van der Waals surface area (Å²) in [5, 5.41) is 0. The number of rotatable bonds is 5. The summed E-state index contributed by atoms with van der Waals surface area (Å²) in [5.74, 6) is -0.867. The molecule has 3 nitrogen and oxygen atoms in total. The van der Waals surface area contributed by atoms with Crippen molar-refractivity contribution in [2.24, 2.45) is 0 Å². The molecule has 1 heterocycles. The standard InChI is InChI=1S/C14H18F3NO2/c1-4-6-9(3)11-7-10(14(15,16)17)8-18-12(11)13(19)20-5-2/h7-9H,4-6H2,1-3H3. The summed E-state index contributed by atoms with van der Waals surface area (Å²) in [5.41, 5.74) is -0.579. The van der Waals surface area contributed by atoms with E-state index < -0.39 is 17.7 Å². The van der Waals surface area contributed by atoms with Gasteiger partial charge in [-0.2, -0.15) is 13.2 Å². The van der Waals surface area contributed by atoms with E-state index >= 15 is 0 Å². The van der Waals surface area contributed by atoms with Crippen molar-refractivity contribution in [1.29, 1.82) is 0 Å². The van der Waals surface area contributed by atoms with Crippen LogP contribution < -0.4 is 0 Å². The molecule has 0 aliphatic carbocycles. The van der Waals surface area contributed by atoms with Gasteiger partial charge in [0.15, 0.2) is 5.69 Å². The Kier molecular flexibility index (Phi) is 5.53. The van der Waals surface area contributed by atoms with E-state index in [0.29, 0.717) is 18.2 Å². The summed E-state index contributed by atoms with van der Waals surface area (Å²) in [6, 6.07) is 1.000. The number of alkyl halides is 3. The molecule has 0 aromatic carbocycles. The summed E-state index contributed by atoms with van der Waals surface area (Å²) < 4.78 is 43.1. The molecule has 1 unspecified atom stereocenters. The Hall–Kier alpha value is -1.59.